The van der Waals surface area contributed by atoms with E-state index in [4.69, 9.17) is 5.73 Å². The van der Waals surface area contributed by atoms with Gasteiger partial charge in [0.05, 0.1) is 0 Å². The molecule has 2 aromatic carbocycles. The number of nitrogens with two attached hydrogens (primary N) is 1. The van der Waals surface area contributed by atoms with Crippen LogP contribution in [-0.2, 0) is 13.0 Å². The minimum atomic E-state index is -0.176. The number of hydrogen-bond acceptors (Lipinski definition) is 2. The first kappa shape index (κ1) is 14.5. The summed E-state index contributed by atoms with van der Waals surface area (Å²) in [6, 6.07) is 13.5. The molecule has 0 aliphatic heterocycles. The number of anilines is 1. The highest BCUT2D eigenvalue weighted by Gasteiger charge is 2.12. The summed E-state index contributed by atoms with van der Waals surface area (Å²) in [6.45, 7) is 3.30. The van der Waals surface area contributed by atoms with Gasteiger partial charge < -0.3 is 10.6 Å². The zero-order valence-electron chi connectivity index (χ0n) is 12.1. The Labute approximate surface area is 120 Å². The Morgan fingerprint density at radius 3 is 2.55 bits per heavy atom. The number of aryl methyl sites for hydroxylation is 1. The van der Waals surface area contributed by atoms with Crippen LogP contribution in [0.15, 0.2) is 42.5 Å². The molecule has 0 unspecified atom stereocenters. The van der Waals surface area contributed by atoms with Gasteiger partial charge in [-0.3, -0.25) is 0 Å². The molecule has 2 rings (SSSR count). The summed E-state index contributed by atoms with van der Waals surface area (Å²) >= 11 is 0. The van der Waals surface area contributed by atoms with E-state index in [-0.39, 0.29) is 5.82 Å². The van der Waals surface area contributed by atoms with Crippen molar-refractivity contribution in [1.82, 2.24) is 0 Å². The van der Waals surface area contributed by atoms with E-state index in [0.29, 0.717) is 18.5 Å². The lowest BCUT2D eigenvalue weighted by Gasteiger charge is -2.23. The molecular formula is C17H21FN2. The Bertz CT molecular complexity index is 581. The van der Waals surface area contributed by atoms with Crippen molar-refractivity contribution in [2.75, 3.05) is 18.5 Å². The molecular weight excluding hydrogens is 251 g/mol. The molecule has 0 spiro atoms. The van der Waals surface area contributed by atoms with Crippen LogP contribution in [0.5, 0.6) is 0 Å². The van der Waals surface area contributed by atoms with Gasteiger partial charge in [-0.1, -0.05) is 30.3 Å². The normalized spacial score (nSPS) is 10.6. The third kappa shape index (κ3) is 3.17. The van der Waals surface area contributed by atoms with E-state index in [1.165, 1.54) is 17.2 Å². The number of halogens is 1. The van der Waals surface area contributed by atoms with Crippen LogP contribution in [0.4, 0.5) is 10.1 Å². The Morgan fingerprint density at radius 1 is 1.10 bits per heavy atom. The van der Waals surface area contributed by atoms with Gasteiger partial charge in [-0.25, -0.2) is 4.39 Å². The Balaban J connectivity index is 2.27. The number of nitrogens with zero attached hydrogens (tertiary/aromatic N) is 1. The van der Waals surface area contributed by atoms with Crippen molar-refractivity contribution in [1.29, 1.82) is 0 Å². The van der Waals surface area contributed by atoms with E-state index in [9.17, 15) is 4.39 Å². The molecule has 0 fully saturated rings. The quantitative estimate of drug-likeness (QED) is 0.905. The highest BCUT2D eigenvalue weighted by molar-refractivity contribution is 5.54. The summed E-state index contributed by atoms with van der Waals surface area (Å²) in [6.07, 6.45) is 0.556. The first-order valence-corrected chi connectivity index (χ1v) is 6.86. The van der Waals surface area contributed by atoms with Gasteiger partial charge in [-0.15, -0.1) is 0 Å². The monoisotopic (exact) mass is 272 g/mol. The number of benzene rings is 2. The molecule has 0 heterocycles. The molecule has 0 bridgehead atoms. The van der Waals surface area contributed by atoms with Gasteiger partial charge in [0.15, 0.2) is 0 Å². The summed E-state index contributed by atoms with van der Waals surface area (Å²) in [5.74, 6) is -0.176. The van der Waals surface area contributed by atoms with Gasteiger partial charge >= 0.3 is 0 Å². The lowest BCUT2D eigenvalue weighted by molar-refractivity contribution is 0.608. The topological polar surface area (TPSA) is 29.3 Å². The molecule has 2 aromatic rings. The van der Waals surface area contributed by atoms with Gasteiger partial charge in [0.1, 0.15) is 5.82 Å². The molecule has 0 aliphatic rings. The molecule has 0 aromatic heterocycles. The summed E-state index contributed by atoms with van der Waals surface area (Å²) in [5, 5.41) is 0. The van der Waals surface area contributed by atoms with Crippen molar-refractivity contribution < 1.29 is 4.39 Å². The molecule has 106 valence electrons. The van der Waals surface area contributed by atoms with Gasteiger partial charge in [-0.2, -0.15) is 0 Å². The SMILES string of the molecule is Cc1ccccc1CN(C)c1cccc(F)c1CCN. The average Bonchev–Trinajstić information content (AvgIpc) is 2.43. The standard InChI is InChI=1S/C17H21FN2/c1-13-6-3-4-7-14(13)12-20(2)17-9-5-8-16(18)15(17)10-11-19/h3-9H,10-12,19H2,1-2H3. The highest BCUT2D eigenvalue weighted by Crippen LogP contribution is 2.24. The van der Waals surface area contributed by atoms with E-state index in [0.717, 1.165) is 12.2 Å². The summed E-state index contributed by atoms with van der Waals surface area (Å²) in [7, 11) is 1.99. The molecule has 3 heteroatoms. The van der Waals surface area contributed by atoms with E-state index >= 15 is 0 Å². The van der Waals surface area contributed by atoms with Crippen LogP contribution in [0.1, 0.15) is 16.7 Å². The van der Waals surface area contributed by atoms with Crippen molar-refractivity contribution in [3.8, 4) is 0 Å². The largest absolute Gasteiger partial charge is 0.370 e. The smallest absolute Gasteiger partial charge is 0.128 e. The van der Waals surface area contributed by atoms with Crippen LogP contribution >= 0.6 is 0 Å². The van der Waals surface area contributed by atoms with Crippen LogP contribution in [0.2, 0.25) is 0 Å². The highest BCUT2D eigenvalue weighted by atomic mass is 19.1. The maximum Gasteiger partial charge on any atom is 0.128 e. The third-order valence-corrected chi connectivity index (χ3v) is 3.57. The predicted molar refractivity (Wildman–Crippen MR) is 82.4 cm³/mol. The molecule has 2 nitrogen and oxygen atoms in total. The van der Waals surface area contributed by atoms with Crippen LogP contribution in [-0.4, -0.2) is 13.6 Å². The summed E-state index contributed by atoms with van der Waals surface area (Å²) in [5.41, 5.74) is 9.70. The zero-order chi connectivity index (χ0) is 14.5. The second-order valence-electron chi connectivity index (χ2n) is 5.06. The molecule has 0 amide bonds. The number of rotatable bonds is 5. The fraction of sp³-hybridized carbons (Fsp3) is 0.294. The molecule has 0 saturated carbocycles. The molecule has 0 atom stereocenters. The molecule has 0 aliphatic carbocycles. The van der Waals surface area contributed by atoms with Gasteiger partial charge in [0.25, 0.3) is 0 Å². The van der Waals surface area contributed by atoms with Gasteiger partial charge in [0, 0.05) is 24.8 Å². The lowest BCUT2D eigenvalue weighted by Crippen LogP contribution is -2.20. The van der Waals surface area contributed by atoms with E-state index in [2.05, 4.69) is 24.0 Å². The van der Waals surface area contributed by atoms with Crippen LogP contribution in [0.3, 0.4) is 0 Å². The van der Waals surface area contributed by atoms with Crippen molar-refractivity contribution in [3.63, 3.8) is 0 Å². The van der Waals surface area contributed by atoms with Crippen molar-refractivity contribution in [2.24, 2.45) is 5.73 Å². The van der Waals surface area contributed by atoms with E-state index in [1.807, 2.05) is 25.2 Å². The minimum absolute atomic E-state index is 0.176. The van der Waals surface area contributed by atoms with Gasteiger partial charge in [-0.05, 0) is 43.1 Å². The predicted octanol–water partition coefficient (Wildman–Crippen LogP) is 3.27. The molecule has 0 radical (unpaired) electrons. The van der Waals surface area contributed by atoms with Crippen LogP contribution < -0.4 is 10.6 Å². The first-order chi connectivity index (χ1) is 9.63. The third-order valence-electron chi connectivity index (χ3n) is 3.57. The molecule has 2 N–H and O–H groups in total. The Kier molecular flexibility index (Phi) is 4.74. The van der Waals surface area contributed by atoms with Crippen molar-refractivity contribution in [3.05, 3.63) is 65.0 Å². The summed E-state index contributed by atoms with van der Waals surface area (Å²) in [4.78, 5) is 2.08. The summed E-state index contributed by atoms with van der Waals surface area (Å²) < 4.78 is 13.9. The lowest BCUT2D eigenvalue weighted by atomic mass is 10.1. The number of hydrogen-bond donors (Lipinski definition) is 1. The molecule has 20 heavy (non-hydrogen) atoms. The molecule has 0 saturated heterocycles. The minimum Gasteiger partial charge on any atom is -0.370 e. The Hall–Kier alpha value is -1.87. The fourth-order valence-corrected chi connectivity index (χ4v) is 2.42. The van der Waals surface area contributed by atoms with E-state index < -0.39 is 0 Å². The first-order valence-electron chi connectivity index (χ1n) is 6.86. The fourth-order valence-electron chi connectivity index (χ4n) is 2.42. The van der Waals surface area contributed by atoms with Gasteiger partial charge in [0.2, 0.25) is 0 Å². The van der Waals surface area contributed by atoms with Crippen LogP contribution in [0.25, 0.3) is 0 Å². The zero-order valence-corrected chi connectivity index (χ0v) is 12.1. The maximum absolute atomic E-state index is 13.9. The van der Waals surface area contributed by atoms with Crippen molar-refractivity contribution in [2.45, 2.75) is 19.9 Å². The second kappa shape index (κ2) is 6.53. The Morgan fingerprint density at radius 2 is 1.85 bits per heavy atom. The average molecular weight is 272 g/mol. The maximum atomic E-state index is 13.9. The second-order valence-corrected chi connectivity index (χ2v) is 5.06. The van der Waals surface area contributed by atoms with E-state index in [1.54, 1.807) is 6.07 Å². The van der Waals surface area contributed by atoms with Crippen LogP contribution in [0, 0.1) is 12.7 Å². The van der Waals surface area contributed by atoms with Crippen molar-refractivity contribution >= 4 is 5.69 Å².